The lowest BCUT2D eigenvalue weighted by molar-refractivity contribution is 0.359. The maximum absolute atomic E-state index is 9.40. The molecule has 0 aliphatic carbocycles. The minimum Gasteiger partial charge on any atom is -0.508 e. The van der Waals surface area contributed by atoms with Crippen LogP contribution < -0.4 is 5.32 Å². The molecule has 0 spiro atoms. The van der Waals surface area contributed by atoms with Crippen molar-refractivity contribution in [2.24, 2.45) is 0 Å². The van der Waals surface area contributed by atoms with Gasteiger partial charge in [-0.1, -0.05) is 17.3 Å². The Bertz CT molecular complexity index is 518. The van der Waals surface area contributed by atoms with Crippen LogP contribution in [0, 0.1) is 0 Å². The van der Waals surface area contributed by atoms with E-state index in [-0.39, 0.29) is 5.75 Å². The largest absolute Gasteiger partial charge is 0.508 e. The van der Waals surface area contributed by atoms with Gasteiger partial charge in [-0.05, 0) is 25.1 Å². The number of aromatic nitrogens is 2. The van der Waals surface area contributed by atoms with Crippen molar-refractivity contribution in [3.05, 3.63) is 30.2 Å². The monoisotopic (exact) mass is 231 g/mol. The summed E-state index contributed by atoms with van der Waals surface area (Å²) in [5, 5.41) is 16.6. The van der Waals surface area contributed by atoms with Crippen LogP contribution in [-0.4, -0.2) is 28.3 Å². The van der Waals surface area contributed by atoms with Crippen molar-refractivity contribution in [2.45, 2.75) is 12.3 Å². The van der Waals surface area contributed by atoms with E-state index in [1.807, 2.05) is 6.07 Å². The van der Waals surface area contributed by atoms with Gasteiger partial charge in [-0.15, -0.1) is 0 Å². The maximum Gasteiger partial charge on any atom is 0.231 e. The molecule has 1 aromatic carbocycles. The van der Waals surface area contributed by atoms with Crippen molar-refractivity contribution in [3.8, 4) is 17.1 Å². The summed E-state index contributed by atoms with van der Waals surface area (Å²) in [5.74, 6) is 1.72. The van der Waals surface area contributed by atoms with Gasteiger partial charge in [0.05, 0.1) is 5.92 Å². The van der Waals surface area contributed by atoms with Gasteiger partial charge in [0, 0.05) is 12.1 Å². The fourth-order valence-electron chi connectivity index (χ4n) is 2.03. The smallest absolute Gasteiger partial charge is 0.231 e. The number of rotatable bonds is 2. The molecule has 1 unspecified atom stereocenters. The Morgan fingerprint density at radius 1 is 1.41 bits per heavy atom. The van der Waals surface area contributed by atoms with E-state index in [1.165, 1.54) is 0 Å². The highest BCUT2D eigenvalue weighted by atomic mass is 16.5. The first-order valence-electron chi connectivity index (χ1n) is 5.66. The highest BCUT2D eigenvalue weighted by molar-refractivity contribution is 5.56. The van der Waals surface area contributed by atoms with E-state index in [4.69, 9.17) is 4.52 Å². The average molecular weight is 231 g/mol. The van der Waals surface area contributed by atoms with Gasteiger partial charge in [-0.25, -0.2) is 0 Å². The zero-order chi connectivity index (χ0) is 11.7. The van der Waals surface area contributed by atoms with E-state index < -0.39 is 0 Å². The highest BCUT2D eigenvalue weighted by Gasteiger charge is 2.22. The molecule has 88 valence electrons. The zero-order valence-corrected chi connectivity index (χ0v) is 9.26. The number of phenolic OH excluding ortho intramolecular Hbond substituents is 1. The second-order valence-corrected chi connectivity index (χ2v) is 4.20. The number of hydrogen-bond donors (Lipinski definition) is 2. The lowest BCUT2D eigenvalue weighted by atomic mass is 10.1. The second-order valence-electron chi connectivity index (χ2n) is 4.20. The van der Waals surface area contributed by atoms with Crippen LogP contribution in [0.5, 0.6) is 5.75 Å². The third kappa shape index (κ3) is 2.01. The molecule has 1 aliphatic heterocycles. The lowest BCUT2D eigenvalue weighted by Crippen LogP contribution is -2.08. The molecule has 1 fully saturated rings. The summed E-state index contributed by atoms with van der Waals surface area (Å²) in [5.41, 5.74) is 0.769. The van der Waals surface area contributed by atoms with Crippen molar-refractivity contribution >= 4 is 0 Å². The Morgan fingerprint density at radius 2 is 2.35 bits per heavy atom. The van der Waals surface area contributed by atoms with Crippen LogP contribution in [0.3, 0.4) is 0 Å². The number of hydrogen-bond acceptors (Lipinski definition) is 5. The Labute approximate surface area is 98.5 Å². The van der Waals surface area contributed by atoms with Crippen LogP contribution in [0.2, 0.25) is 0 Å². The van der Waals surface area contributed by atoms with Crippen molar-refractivity contribution in [1.82, 2.24) is 15.5 Å². The Balaban J connectivity index is 1.89. The second kappa shape index (κ2) is 4.18. The van der Waals surface area contributed by atoms with Gasteiger partial charge in [0.25, 0.3) is 0 Å². The summed E-state index contributed by atoms with van der Waals surface area (Å²) >= 11 is 0. The number of aromatic hydroxyl groups is 1. The normalized spacial score (nSPS) is 19.6. The first-order valence-corrected chi connectivity index (χ1v) is 5.66. The Morgan fingerprint density at radius 3 is 3.12 bits per heavy atom. The van der Waals surface area contributed by atoms with E-state index in [9.17, 15) is 5.11 Å². The summed E-state index contributed by atoms with van der Waals surface area (Å²) in [7, 11) is 0. The van der Waals surface area contributed by atoms with Gasteiger partial charge in [-0.2, -0.15) is 4.98 Å². The molecule has 5 heteroatoms. The van der Waals surface area contributed by atoms with Crippen LogP contribution in [-0.2, 0) is 0 Å². The van der Waals surface area contributed by atoms with Crippen molar-refractivity contribution in [2.75, 3.05) is 13.1 Å². The molecule has 1 aliphatic rings. The van der Waals surface area contributed by atoms with Gasteiger partial charge in [0.1, 0.15) is 5.75 Å². The van der Waals surface area contributed by atoms with Crippen LogP contribution in [0.25, 0.3) is 11.4 Å². The predicted octanol–water partition coefficient (Wildman–Crippen LogP) is 1.52. The van der Waals surface area contributed by atoms with E-state index in [0.717, 1.165) is 25.1 Å². The first kappa shape index (κ1) is 10.3. The molecule has 0 amide bonds. The molecule has 2 heterocycles. The van der Waals surface area contributed by atoms with Crippen LogP contribution in [0.4, 0.5) is 0 Å². The van der Waals surface area contributed by atoms with Crippen molar-refractivity contribution in [3.63, 3.8) is 0 Å². The molecule has 3 rings (SSSR count). The van der Waals surface area contributed by atoms with Gasteiger partial charge in [0.15, 0.2) is 0 Å². The predicted molar refractivity (Wildman–Crippen MR) is 61.6 cm³/mol. The van der Waals surface area contributed by atoms with Crippen LogP contribution in [0.15, 0.2) is 28.8 Å². The minimum atomic E-state index is 0.205. The van der Waals surface area contributed by atoms with E-state index >= 15 is 0 Å². The standard InChI is InChI=1S/C12H13N3O2/c16-10-3-1-2-8(6-10)11-14-12(17-15-11)9-4-5-13-7-9/h1-3,6,9,13,16H,4-5,7H2. The third-order valence-corrected chi connectivity index (χ3v) is 2.96. The number of benzene rings is 1. The lowest BCUT2D eigenvalue weighted by Gasteiger charge is -1.98. The summed E-state index contributed by atoms with van der Waals surface area (Å²) in [6, 6.07) is 6.85. The van der Waals surface area contributed by atoms with E-state index in [1.54, 1.807) is 18.2 Å². The molecule has 1 atom stereocenters. The summed E-state index contributed by atoms with van der Waals surface area (Å²) < 4.78 is 5.26. The molecule has 0 radical (unpaired) electrons. The van der Waals surface area contributed by atoms with E-state index in [0.29, 0.717) is 17.6 Å². The number of phenols is 1. The van der Waals surface area contributed by atoms with Gasteiger partial charge in [-0.3, -0.25) is 0 Å². The first-order chi connectivity index (χ1) is 8.33. The third-order valence-electron chi connectivity index (χ3n) is 2.96. The zero-order valence-electron chi connectivity index (χ0n) is 9.26. The molecule has 1 aromatic heterocycles. The molecule has 5 nitrogen and oxygen atoms in total. The van der Waals surface area contributed by atoms with Crippen molar-refractivity contribution in [1.29, 1.82) is 0 Å². The quantitative estimate of drug-likeness (QED) is 0.820. The molecule has 1 saturated heterocycles. The van der Waals surface area contributed by atoms with Gasteiger partial charge < -0.3 is 14.9 Å². The molecule has 17 heavy (non-hydrogen) atoms. The summed E-state index contributed by atoms with van der Waals surface area (Å²) in [6.45, 7) is 1.89. The average Bonchev–Trinajstić information content (AvgIpc) is 3.00. The molecule has 0 bridgehead atoms. The number of nitrogens with one attached hydrogen (secondary N) is 1. The Hall–Kier alpha value is -1.88. The van der Waals surface area contributed by atoms with Crippen LogP contribution >= 0.6 is 0 Å². The van der Waals surface area contributed by atoms with Crippen molar-refractivity contribution < 1.29 is 9.63 Å². The maximum atomic E-state index is 9.40. The fourth-order valence-corrected chi connectivity index (χ4v) is 2.03. The number of nitrogens with zero attached hydrogens (tertiary/aromatic N) is 2. The molecule has 2 aromatic rings. The van der Waals surface area contributed by atoms with E-state index in [2.05, 4.69) is 15.5 Å². The highest BCUT2D eigenvalue weighted by Crippen LogP contribution is 2.25. The molecule has 0 saturated carbocycles. The minimum absolute atomic E-state index is 0.205. The van der Waals surface area contributed by atoms with Crippen LogP contribution in [0.1, 0.15) is 18.2 Å². The topological polar surface area (TPSA) is 71.2 Å². The Kier molecular flexibility index (Phi) is 2.53. The SMILES string of the molecule is Oc1cccc(-c2noc(C3CCNC3)n2)c1. The summed E-state index contributed by atoms with van der Waals surface area (Å²) in [4.78, 5) is 4.37. The molecular formula is C12H13N3O2. The summed E-state index contributed by atoms with van der Waals surface area (Å²) in [6.07, 6.45) is 1.03. The molecular weight excluding hydrogens is 218 g/mol. The fraction of sp³-hybridized carbons (Fsp3) is 0.333. The molecule has 2 N–H and O–H groups in total. The van der Waals surface area contributed by atoms with Gasteiger partial charge >= 0.3 is 0 Å². The van der Waals surface area contributed by atoms with Gasteiger partial charge in [0.2, 0.25) is 11.7 Å².